The van der Waals surface area contributed by atoms with Gasteiger partial charge >= 0.3 is 0 Å². The van der Waals surface area contributed by atoms with Gasteiger partial charge in [0, 0.05) is 16.1 Å². The Morgan fingerprint density at radius 2 is 1.83 bits per heavy atom. The average Bonchev–Trinajstić information content (AvgIpc) is 2.73. The van der Waals surface area contributed by atoms with Gasteiger partial charge in [-0.3, -0.25) is 9.59 Å². The Morgan fingerprint density at radius 1 is 1.07 bits per heavy atom. The van der Waals surface area contributed by atoms with Crippen LogP contribution >= 0.6 is 11.6 Å². The van der Waals surface area contributed by atoms with Gasteiger partial charge in [-0.2, -0.15) is 5.10 Å². The quantitative estimate of drug-likeness (QED) is 0.411. The molecule has 0 saturated carbocycles. The molecule has 1 unspecified atom stereocenters. The molecule has 0 aliphatic carbocycles. The Balaban J connectivity index is 1.73. The van der Waals surface area contributed by atoms with Gasteiger partial charge in [-0.15, -0.1) is 0 Å². The van der Waals surface area contributed by atoms with Gasteiger partial charge in [0.25, 0.3) is 11.8 Å². The van der Waals surface area contributed by atoms with Crippen molar-refractivity contribution in [1.82, 2.24) is 10.7 Å². The highest BCUT2D eigenvalue weighted by atomic mass is 35.5. The monoisotopic (exact) mass is 423 g/mol. The summed E-state index contributed by atoms with van der Waals surface area (Å²) in [6.45, 7) is 3.64. The molecule has 30 heavy (non-hydrogen) atoms. The molecule has 3 aromatic carbocycles. The van der Waals surface area contributed by atoms with Crippen LogP contribution in [0.15, 0.2) is 65.8 Å². The maximum atomic E-state index is 12.6. The second-order valence-electron chi connectivity index (χ2n) is 7.16. The van der Waals surface area contributed by atoms with Crippen LogP contribution in [0.2, 0.25) is 5.02 Å². The Bertz CT molecular complexity index is 1110. The maximum Gasteiger partial charge on any atom is 0.262 e. The standard InChI is InChI=1S/C23H22ClN3O3/c1-14(2)21(26-22(29)16-7-5-8-17(24)12-16)23(30)27-25-13-19-18-9-4-3-6-15(18)10-11-20(19)28/h3-14,21,28H,1-2H3,(H,26,29)(H,27,30). The van der Waals surface area contributed by atoms with Crippen molar-refractivity contribution >= 4 is 40.4 Å². The molecular weight excluding hydrogens is 402 g/mol. The number of amides is 2. The number of fused-ring (bicyclic) bond motifs is 1. The van der Waals surface area contributed by atoms with Crippen LogP contribution in [0, 0.1) is 5.92 Å². The normalized spacial score (nSPS) is 12.3. The number of hydrazone groups is 1. The van der Waals surface area contributed by atoms with E-state index in [2.05, 4.69) is 15.8 Å². The zero-order valence-corrected chi connectivity index (χ0v) is 17.4. The summed E-state index contributed by atoms with van der Waals surface area (Å²) >= 11 is 5.93. The van der Waals surface area contributed by atoms with Crippen molar-refractivity contribution in [3.8, 4) is 5.75 Å². The highest BCUT2D eigenvalue weighted by Gasteiger charge is 2.24. The summed E-state index contributed by atoms with van der Waals surface area (Å²) in [5.41, 5.74) is 3.31. The summed E-state index contributed by atoms with van der Waals surface area (Å²) in [5.74, 6) is -0.978. The highest BCUT2D eigenvalue weighted by Crippen LogP contribution is 2.25. The van der Waals surface area contributed by atoms with Crippen LogP contribution < -0.4 is 10.7 Å². The SMILES string of the molecule is CC(C)C(NC(=O)c1cccc(Cl)c1)C(=O)NN=Cc1c(O)ccc2ccccc12. The number of carbonyl (C=O) groups is 2. The van der Waals surface area contributed by atoms with E-state index in [0.29, 0.717) is 16.1 Å². The third kappa shape index (κ3) is 4.96. The Kier molecular flexibility index (Phi) is 6.69. The van der Waals surface area contributed by atoms with Crippen LogP contribution in [-0.2, 0) is 4.79 Å². The van der Waals surface area contributed by atoms with E-state index in [-0.39, 0.29) is 11.7 Å². The van der Waals surface area contributed by atoms with E-state index in [1.54, 1.807) is 30.3 Å². The molecule has 0 aliphatic heterocycles. The fraction of sp³-hybridized carbons (Fsp3) is 0.174. The number of nitrogens with one attached hydrogen (secondary N) is 2. The van der Waals surface area contributed by atoms with Crippen molar-refractivity contribution in [1.29, 1.82) is 0 Å². The molecule has 0 spiro atoms. The van der Waals surface area contributed by atoms with E-state index >= 15 is 0 Å². The van der Waals surface area contributed by atoms with Gasteiger partial charge in [0.1, 0.15) is 11.8 Å². The largest absolute Gasteiger partial charge is 0.507 e. The lowest BCUT2D eigenvalue weighted by atomic mass is 10.0. The van der Waals surface area contributed by atoms with Gasteiger partial charge in [0.2, 0.25) is 0 Å². The van der Waals surface area contributed by atoms with Gasteiger partial charge in [-0.05, 0) is 41.0 Å². The molecule has 3 N–H and O–H groups in total. The number of hydrogen-bond donors (Lipinski definition) is 3. The highest BCUT2D eigenvalue weighted by molar-refractivity contribution is 6.31. The summed E-state index contributed by atoms with van der Waals surface area (Å²) in [4.78, 5) is 25.1. The Labute approximate surface area is 179 Å². The van der Waals surface area contributed by atoms with Crippen LogP contribution in [0.1, 0.15) is 29.8 Å². The minimum atomic E-state index is -0.797. The van der Waals surface area contributed by atoms with Crippen LogP contribution in [0.5, 0.6) is 5.75 Å². The molecule has 0 fully saturated rings. The van der Waals surface area contributed by atoms with Crippen molar-refractivity contribution in [3.63, 3.8) is 0 Å². The molecule has 3 rings (SSSR count). The second kappa shape index (κ2) is 9.41. The number of carbonyl (C=O) groups excluding carboxylic acids is 2. The minimum absolute atomic E-state index is 0.0568. The molecule has 0 radical (unpaired) electrons. The van der Waals surface area contributed by atoms with Crippen molar-refractivity contribution in [2.24, 2.45) is 11.0 Å². The van der Waals surface area contributed by atoms with Crippen LogP contribution in [0.4, 0.5) is 0 Å². The van der Waals surface area contributed by atoms with Crippen LogP contribution in [-0.4, -0.2) is 29.2 Å². The van der Waals surface area contributed by atoms with E-state index in [9.17, 15) is 14.7 Å². The van der Waals surface area contributed by atoms with E-state index in [0.717, 1.165) is 10.8 Å². The number of rotatable bonds is 6. The molecular formula is C23H22ClN3O3. The lowest BCUT2D eigenvalue weighted by Gasteiger charge is -2.20. The molecule has 1 atom stereocenters. The predicted molar refractivity (Wildman–Crippen MR) is 119 cm³/mol. The number of nitrogens with zero attached hydrogens (tertiary/aromatic N) is 1. The first-order valence-corrected chi connectivity index (χ1v) is 9.84. The third-order valence-corrected chi connectivity index (χ3v) is 4.87. The van der Waals surface area contributed by atoms with E-state index in [1.807, 2.05) is 38.1 Å². The number of halogens is 1. The van der Waals surface area contributed by atoms with E-state index < -0.39 is 17.9 Å². The molecule has 6 nitrogen and oxygen atoms in total. The smallest absolute Gasteiger partial charge is 0.262 e. The minimum Gasteiger partial charge on any atom is -0.507 e. The fourth-order valence-electron chi connectivity index (χ4n) is 3.04. The number of benzene rings is 3. The molecule has 0 aliphatic rings. The van der Waals surface area contributed by atoms with E-state index in [1.165, 1.54) is 12.3 Å². The van der Waals surface area contributed by atoms with Crippen molar-refractivity contribution in [3.05, 3.63) is 76.8 Å². The van der Waals surface area contributed by atoms with Crippen molar-refractivity contribution < 1.29 is 14.7 Å². The summed E-state index contributed by atoms with van der Waals surface area (Å²) in [7, 11) is 0. The fourth-order valence-corrected chi connectivity index (χ4v) is 3.23. The molecule has 0 aromatic heterocycles. The number of aromatic hydroxyl groups is 1. The van der Waals surface area contributed by atoms with Crippen molar-refractivity contribution in [2.75, 3.05) is 0 Å². The molecule has 0 heterocycles. The zero-order chi connectivity index (χ0) is 21.7. The number of phenolic OH excluding ortho intramolecular Hbond substituents is 1. The van der Waals surface area contributed by atoms with Gasteiger partial charge in [-0.1, -0.05) is 61.8 Å². The summed E-state index contributed by atoms with van der Waals surface area (Å²) in [6, 6.07) is 16.6. The first-order chi connectivity index (χ1) is 14.4. The van der Waals surface area contributed by atoms with Crippen LogP contribution in [0.3, 0.4) is 0 Å². The molecule has 0 saturated heterocycles. The lowest BCUT2D eigenvalue weighted by Crippen LogP contribution is -2.48. The van der Waals surface area contributed by atoms with Crippen molar-refractivity contribution in [2.45, 2.75) is 19.9 Å². The molecule has 2 amide bonds. The third-order valence-electron chi connectivity index (χ3n) is 4.64. The molecule has 154 valence electrons. The summed E-state index contributed by atoms with van der Waals surface area (Å²) in [6.07, 6.45) is 1.39. The van der Waals surface area contributed by atoms with E-state index in [4.69, 9.17) is 11.6 Å². The number of phenols is 1. The Morgan fingerprint density at radius 3 is 2.57 bits per heavy atom. The first kappa shape index (κ1) is 21.3. The first-order valence-electron chi connectivity index (χ1n) is 9.47. The Hall–Kier alpha value is -3.38. The maximum absolute atomic E-state index is 12.6. The lowest BCUT2D eigenvalue weighted by molar-refractivity contribution is -0.123. The van der Waals surface area contributed by atoms with Gasteiger partial charge in [0.15, 0.2) is 0 Å². The topological polar surface area (TPSA) is 90.8 Å². The summed E-state index contributed by atoms with van der Waals surface area (Å²) in [5, 5.41) is 19.1. The zero-order valence-electron chi connectivity index (χ0n) is 16.6. The summed E-state index contributed by atoms with van der Waals surface area (Å²) < 4.78 is 0. The molecule has 7 heteroatoms. The predicted octanol–water partition coefficient (Wildman–Crippen LogP) is 4.10. The number of hydrogen-bond acceptors (Lipinski definition) is 4. The van der Waals surface area contributed by atoms with Gasteiger partial charge in [-0.25, -0.2) is 5.43 Å². The average molecular weight is 424 g/mol. The van der Waals surface area contributed by atoms with Crippen LogP contribution in [0.25, 0.3) is 10.8 Å². The second-order valence-corrected chi connectivity index (χ2v) is 7.60. The van der Waals surface area contributed by atoms with Gasteiger partial charge < -0.3 is 10.4 Å². The molecule has 0 bridgehead atoms. The molecule has 3 aromatic rings. The van der Waals surface area contributed by atoms with Gasteiger partial charge in [0.05, 0.1) is 6.21 Å².